The zero-order valence-electron chi connectivity index (χ0n) is 11.0. The van der Waals surface area contributed by atoms with Crippen molar-refractivity contribution in [3.8, 4) is 5.75 Å². The van der Waals surface area contributed by atoms with E-state index in [4.69, 9.17) is 9.84 Å². The molecule has 1 aromatic heterocycles. The fraction of sp³-hybridized carbons (Fsp3) is 0.417. The highest BCUT2D eigenvalue weighted by Crippen LogP contribution is 2.24. The predicted molar refractivity (Wildman–Crippen MR) is 73.2 cm³/mol. The standard InChI is InChI=1S/C12H16N2O5S/c1-2-3-5-13-12(18)14-9(15)7-19-8-4-6-20-10(8)11(16)17/h4,6H,2-3,5,7H2,1H3,(H,16,17)(H2,13,14,15,18). The summed E-state index contributed by atoms with van der Waals surface area (Å²) in [5.41, 5.74) is 0. The quantitative estimate of drug-likeness (QED) is 0.661. The summed E-state index contributed by atoms with van der Waals surface area (Å²) in [7, 11) is 0. The fourth-order valence-corrected chi connectivity index (χ4v) is 1.97. The largest absolute Gasteiger partial charge is 0.482 e. The number of hydrogen-bond donors (Lipinski definition) is 3. The third-order valence-electron chi connectivity index (χ3n) is 2.25. The predicted octanol–water partition coefficient (Wildman–Crippen LogP) is 1.45. The highest BCUT2D eigenvalue weighted by molar-refractivity contribution is 7.12. The van der Waals surface area contributed by atoms with Gasteiger partial charge in [-0.05, 0) is 17.9 Å². The average Bonchev–Trinajstić information content (AvgIpc) is 2.85. The summed E-state index contributed by atoms with van der Waals surface area (Å²) in [6, 6.07) is 0.874. The molecule has 0 bridgehead atoms. The van der Waals surface area contributed by atoms with E-state index in [1.807, 2.05) is 6.92 Å². The van der Waals surface area contributed by atoms with Gasteiger partial charge in [0.1, 0.15) is 5.75 Å². The van der Waals surface area contributed by atoms with Crippen molar-refractivity contribution in [2.24, 2.45) is 0 Å². The minimum atomic E-state index is -1.12. The molecule has 3 N–H and O–H groups in total. The lowest BCUT2D eigenvalue weighted by molar-refractivity contribution is -0.122. The Morgan fingerprint density at radius 2 is 2.15 bits per heavy atom. The minimum absolute atomic E-state index is 0.0187. The van der Waals surface area contributed by atoms with E-state index in [0.717, 1.165) is 24.2 Å². The zero-order chi connectivity index (χ0) is 15.0. The number of carbonyl (C=O) groups is 3. The number of ether oxygens (including phenoxy) is 1. The van der Waals surface area contributed by atoms with Crippen molar-refractivity contribution in [1.29, 1.82) is 0 Å². The van der Waals surface area contributed by atoms with Gasteiger partial charge >= 0.3 is 12.0 Å². The molecule has 0 aliphatic heterocycles. The summed E-state index contributed by atoms with van der Waals surface area (Å²) in [5.74, 6) is -1.64. The number of nitrogens with one attached hydrogen (secondary N) is 2. The van der Waals surface area contributed by atoms with Crippen molar-refractivity contribution in [3.05, 3.63) is 16.3 Å². The Labute approximate surface area is 119 Å². The molecule has 0 spiro atoms. The van der Waals surface area contributed by atoms with Crippen LogP contribution in [-0.4, -0.2) is 36.2 Å². The Balaban J connectivity index is 2.34. The third kappa shape index (κ3) is 5.27. The number of thiophene rings is 1. The minimum Gasteiger partial charge on any atom is -0.482 e. The molecular formula is C12H16N2O5S. The van der Waals surface area contributed by atoms with E-state index < -0.39 is 24.5 Å². The SMILES string of the molecule is CCCCNC(=O)NC(=O)COc1ccsc1C(=O)O. The number of hydrogen-bond acceptors (Lipinski definition) is 5. The molecule has 0 saturated carbocycles. The van der Waals surface area contributed by atoms with E-state index >= 15 is 0 Å². The Bertz CT molecular complexity index is 486. The number of rotatable bonds is 7. The van der Waals surface area contributed by atoms with Crippen LogP contribution in [0.4, 0.5) is 4.79 Å². The van der Waals surface area contributed by atoms with Crippen molar-refractivity contribution >= 4 is 29.2 Å². The van der Waals surface area contributed by atoms with Crippen LogP contribution in [0.2, 0.25) is 0 Å². The number of unbranched alkanes of at least 4 members (excludes halogenated alkanes) is 1. The molecule has 0 aliphatic carbocycles. The second kappa shape index (κ2) is 8.16. The van der Waals surface area contributed by atoms with Gasteiger partial charge in [-0.15, -0.1) is 11.3 Å². The van der Waals surface area contributed by atoms with Gasteiger partial charge in [-0.1, -0.05) is 13.3 Å². The van der Waals surface area contributed by atoms with Crippen LogP contribution >= 0.6 is 11.3 Å². The smallest absolute Gasteiger partial charge is 0.349 e. The highest BCUT2D eigenvalue weighted by atomic mass is 32.1. The van der Waals surface area contributed by atoms with Crippen LogP contribution in [0.15, 0.2) is 11.4 Å². The number of carboxylic acid groups (broad SMARTS) is 1. The van der Waals surface area contributed by atoms with Crippen molar-refractivity contribution in [3.63, 3.8) is 0 Å². The molecule has 3 amide bonds. The molecule has 0 aromatic carbocycles. The Morgan fingerprint density at radius 3 is 2.80 bits per heavy atom. The van der Waals surface area contributed by atoms with Gasteiger partial charge in [-0.2, -0.15) is 0 Å². The molecule has 0 atom stereocenters. The van der Waals surface area contributed by atoms with E-state index in [9.17, 15) is 14.4 Å². The normalized spacial score (nSPS) is 9.85. The monoisotopic (exact) mass is 300 g/mol. The van der Waals surface area contributed by atoms with E-state index in [0.29, 0.717) is 6.54 Å². The average molecular weight is 300 g/mol. The number of urea groups is 1. The van der Waals surface area contributed by atoms with Crippen LogP contribution in [0.3, 0.4) is 0 Å². The Hall–Kier alpha value is -2.09. The van der Waals surface area contributed by atoms with Gasteiger partial charge in [-0.3, -0.25) is 10.1 Å². The molecule has 110 valence electrons. The van der Waals surface area contributed by atoms with Crippen molar-refractivity contribution in [2.45, 2.75) is 19.8 Å². The molecule has 1 aromatic rings. The fourth-order valence-electron chi connectivity index (χ4n) is 1.30. The number of aromatic carboxylic acids is 1. The highest BCUT2D eigenvalue weighted by Gasteiger charge is 2.14. The van der Waals surface area contributed by atoms with E-state index in [1.165, 1.54) is 6.07 Å². The first-order chi connectivity index (χ1) is 9.54. The van der Waals surface area contributed by atoms with Crippen molar-refractivity contribution in [1.82, 2.24) is 10.6 Å². The zero-order valence-corrected chi connectivity index (χ0v) is 11.8. The molecule has 0 radical (unpaired) electrons. The molecular weight excluding hydrogens is 284 g/mol. The van der Waals surface area contributed by atoms with E-state index in [2.05, 4.69) is 10.6 Å². The maximum absolute atomic E-state index is 11.4. The van der Waals surface area contributed by atoms with Crippen LogP contribution in [0.25, 0.3) is 0 Å². The molecule has 7 nitrogen and oxygen atoms in total. The molecule has 0 aliphatic rings. The van der Waals surface area contributed by atoms with Crippen LogP contribution in [0.5, 0.6) is 5.75 Å². The van der Waals surface area contributed by atoms with Gasteiger partial charge in [0.05, 0.1) is 0 Å². The summed E-state index contributed by atoms with van der Waals surface area (Å²) < 4.78 is 5.06. The summed E-state index contributed by atoms with van der Waals surface area (Å²) in [4.78, 5) is 33.5. The van der Waals surface area contributed by atoms with Crippen molar-refractivity contribution < 1.29 is 24.2 Å². The van der Waals surface area contributed by atoms with Gasteiger partial charge < -0.3 is 15.2 Å². The van der Waals surface area contributed by atoms with Crippen LogP contribution < -0.4 is 15.4 Å². The first kappa shape index (κ1) is 16.0. The molecule has 1 heterocycles. The lowest BCUT2D eigenvalue weighted by atomic mass is 10.3. The van der Waals surface area contributed by atoms with E-state index in [-0.39, 0.29) is 10.6 Å². The lowest BCUT2D eigenvalue weighted by Crippen LogP contribution is -2.41. The van der Waals surface area contributed by atoms with Gasteiger partial charge in [0.15, 0.2) is 11.5 Å². The molecule has 8 heteroatoms. The van der Waals surface area contributed by atoms with Gasteiger partial charge in [0.2, 0.25) is 0 Å². The second-order valence-electron chi connectivity index (χ2n) is 3.87. The first-order valence-electron chi connectivity index (χ1n) is 6.05. The number of imide groups is 1. The molecule has 0 saturated heterocycles. The maximum Gasteiger partial charge on any atom is 0.349 e. The van der Waals surface area contributed by atoms with Crippen LogP contribution in [-0.2, 0) is 4.79 Å². The molecule has 20 heavy (non-hydrogen) atoms. The molecule has 0 fully saturated rings. The van der Waals surface area contributed by atoms with Gasteiger partial charge in [0.25, 0.3) is 5.91 Å². The van der Waals surface area contributed by atoms with Crippen molar-refractivity contribution in [2.75, 3.05) is 13.2 Å². The summed E-state index contributed by atoms with van der Waals surface area (Å²) in [5, 5.41) is 15.0. The maximum atomic E-state index is 11.4. The molecule has 0 unspecified atom stereocenters. The number of amides is 3. The lowest BCUT2D eigenvalue weighted by Gasteiger charge is -2.07. The van der Waals surface area contributed by atoms with Crippen LogP contribution in [0, 0.1) is 0 Å². The van der Waals surface area contributed by atoms with Gasteiger partial charge in [0, 0.05) is 6.54 Å². The summed E-state index contributed by atoms with van der Waals surface area (Å²) >= 11 is 1.00. The second-order valence-corrected chi connectivity index (χ2v) is 4.78. The van der Waals surface area contributed by atoms with Gasteiger partial charge in [-0.25, -0.2) is 9.59 Å². The van der Waals surface area contributed by atoms with Crippen LogP contribution in [0.1, 0.15) is 29.4 Å². The third-order valence-corrected chi connectivity index (χ3v) is 3.13. The summed E-state index contributed by atoms with van der Waals surface area (Å²) in [6.45, 7) is 2.06. The summed E-state index contributed by atoms with van der Waals surface area (Å²) in [6.07, 6.45) is 1.77. The Morgan fingerprint density at radius 1 is 1.40 bits per heavy atom. The van der Waals surface area contributed by atoms with E-state index in [1.54, 1.807) is 5.38 Å². The number of carbonyl (C=O) groups excluding carboxylic acids is 2. The number of carboxylic acids is 1. The first-order valence-corrected chi connectivity index (χ1v) is 6.93. The Kier molecular flexibility index (Phi) is 6.51. The molecule has 1 rings (SSSR count). The topological polar surface area (TPSA) is 105 Å².